The van der Waals surface area contributed by atoms with Crippen LogP contribution in [0.1, 0.15) is 40.4 Å². The molecule has 0 spiro atoms. The average Bonchev–Trinajstić information content (AvgIpc) is 2.60. The van der Waals surface area contributed by atoms with E-state index in [1.165, 1.54) is 0 Å². The summed E-state index contributed by atoms with van der Waals surface area (Å²) in [5.74, 6) is -0.757. The summed E-state index contributed by atoms with van der Waals surface area (Å²) in [6.07, 6.45) is 3.03. The minimum absolute atomic E-state index is 0.0314. The number of ketones is 1. The molecule has 2 aromatic carbocycles. The fourth-order valence-electron chi connectivity index (χ4n) is 3.02. The number of pyridine rings is 1. The number of benzene rings is 2. The first-order valence-corrected chi connectivity index (χ1v) is 8.22. The molecular weight excluding hydrogens is 314 g/mol. The number of Topliss-reactive ketones (excluding diaryl/α,β-unsaturated/α-hetero) is 1. The number of carboxylic acids is 1. The summed E-state index contributed by atoms with van der Waals surface area (Å²) in [6, 6.07) is 15.6. The number of hydrogen-bond donors (Lipinski definition) is 1. The zero-order valence-electron chi connectivity index (χ0n) is 14.0. The van der Waals surface area contributed by atoms with Crippen LogP contribution >= 0.6 is 0 Å². The van der Waals surface area contributed by atoms with E-state index in [9.17, 15) is 9.59 Å². The molecule has 126 valence electrons. The largest absolute Gasteiger partial charge is 0.481 e. The first kappa shape index (κ1) is 16.8. The first-order valence-electron chi connectivity index (χ1n) is 8.22. The number of aryl methyl sites for hydroxylation is 1. The molecule has 0 amide bonds. The Kier molecular flexibility index (Phi) is 4.89. The molecule has 0 unspecified atom stereocenters. The lowest BCUT2D eigenvalue weighted by Gasteiger charge is -2.10. The van der Waals surface area contributed by atoms with E-state index in [1.807, 2.05) is 42.5 Å². The number of fused-ring (bicyclic) bond motifs is 1. The van der Waals surface area contributed by atoms with Crippen LogP contribution in [0.5, 0.6) is 0 Å². The summed E-state index contributed by atoms with van der Waals surface area (Å²) >= 11 is 0. The van der Waals surface area contributed by atoms with Gasteiger partial charge in [0, 0.05) is 23.6 Å². The Morgan fingerprint density at radius 1 is 1.00 bits per heavy atom. The molecule has 0 atom stereocenters. The second-order valence-corrected chi connectivity index (χ2v) is 6.11. The summed E-state index contributed by atoms with van der Waals surface area (Å²) in [6.45, 7) is 1.57. The third-order valence-corrected chi connectivity index (χ3v) is 4.28. The maximum absolute atomic E-state index is 12.0. The highest BCUT2D eigenvalue weighted by Gasteiger charge is 2.11. The van der Waals surface area contributed by atoms with Crippen LogP contribution in [0.4, 0.5) is 0 Å². The van der Waals surface area contributed by atoms with Gasteiger partial charge in [-0.3, -0.25) is 14.6 Å². The monoisotopic (exact) mass is 333 g/mol. The van der Waals surface area contributed by atoms with Crippen molar-refractivity contribution in [2.24, 2.45) is 0 Å². The Morgan fingerprint density at radius 2 is 1.72 bits per heavy atom. The Hall–Kier alpha value is -3.01. The number of nitrogens with zero attached hydrogens (tertiary/aromatic N) is 1. The minimum atomic E-state index is -0.788. The van der Waals surface area contributed by atoms with Crippen molar-refractivity contribution in [1.29, 1.82) is 0 Å². The number of hydrogen-bond acceptors (Lipinski definition) is 3. The standard InChI is InChI=1S/C21H19NO3/c1-14(23)18-11-12-22-19-4-2-3-17(21(18)19)13-16-7-5-15(6-8-16)9-10-20(24)25/h2-8,11-12H,9-10,13H2,1H3,(H,24,25). The zero-order chi connectivity index (χ0) is 17.8. The van der Waals surface area contributed by atoms with Gasteiger partial charge in [-0.15, -0.1) is 0 Å². The lowest BCUT2D eigenvalue weighted by molar-refractivity contribution is -0.136. The van der Waals surface area contributed by atoms with Gasteiger partial charge in [0.25, 0.3) is 0 Å². The fourth-order valence-corrected chi connectivity index (χ4v) is 3.02. The number of aromatic nitrogens is 1. The average molecular weight is 333 g/mol. The van der Waals surface area contributed by atoms with Gasteiger partial charge in [-0.25, -0.2) is 0 Å². The highest BCUT2D eigenvalue weighted by molar-refractivity contribution is 6.07. The minimum Gasteiger partial charge on any atom is -0.481 e. The summed E-state index contributed by atoms with van der Waals surface area (Å²) in [7, 11) is 0. The molecule has 0 saturated carbocycles. The maximum atomic E-state index is 12.0. The highest BCUT2D eigenvalue weighted by Crippen LogP contribution is 2.24. The van der Waals surface area contributed by atoms with E-state index in [2.05, 4.69) is 4.98 Å². The Labute approximate surface area is 146 Å². The topological polar surface area (TPSA) is 67.3 Å². The lowest BCUT2D eigenvalue weighted by atomic mass is 9.95. The van der Waals surface area contributed by atoms with E-state index in [1.54, 1.807) is 19.2 Å². The molecule has 3 rings (SSSR count). The number of carboxylic acid groups (broad SMARTS) is 1. The molecule has 0 bridgehead atoms. The second-order valence-electron chi connectivity index (χ2n) is 6.11. The quantitative estimate of drug-likeness (QED) is 0.691. The van der Waals surface area contributed by atoms with E-state index in [0.717, 1.165) is 27.6 Å². The van der Waals surface area contributed by atoms with Gasteiger partial charge < -0.3 is 5.11 Å². The molecule has 1 N–H and O–H groups in total. The molecule has 0 aliphatic heterocycles. The van der Waals surface area contributed by atoms with E-state index in [-0.39, 0.29) is 12.2 Å². The van der Waals surface area contributed by atoms with Crippen LogP contribution in [0.3, 0.4) is 0 Å². The third-order valence-electron chi connectivity index (χ3n) is 4.28. The van der Waals surface area contributed by atoms with Crippen molar-refractivity contribution in [2.75, 3.05) is 0 Å². The summed E-state index contributed by atoms with van der Waals surface area (Å²) in [5, 5.41) is 9.67. The van der Waals surface area contributed by atoms with E-state index < -0.39 is 5.97 Å². The molecular formula is C21H19NO3. The van der Waals surface area contributed by atoms with Gasteiger partial charge in [0.15, 0.2) is 5.78 Å². The van der Waals surface area contributed by atoms with Gasteiger partial charge in [0.05, 0.1) is 5.52 Å². The molecule has 4 heteroatoms. The van der Waals surface area contributed by atoms with Crippen LogP contribution in [-0.4, -0.2) is 21.8 Å². The molecule has 1 aromatic heterocycles. The molecule has 25 heavy (non-hydrogen) atoms. The molecule has 0 aliphatic carbocycles. The summed E-state index contributed by atoms with van der Waals surface area (Å²) in [5.41, 5.74) is 4.70. The highest BCUT2D eigenvalue weighted by atomic mass is 16.4. The first-order chi connectivity index (χ1) is 12.0. The van der Waals surface area contributed by atoms with Crippen LogP contribution in [0, 0.1) is 0 Å². The van der Waals surface area contributed by atoms with Gasteiger partial charge in [0.2, 0.25) is 0 Å². The Balaban J connectivity index is 1.90. The van der Waals surface area contributed by atoms with E-state index >= 15 is 0 Å². The van der Waals surface area contributed by atoms with Crippen LogP contribution in [0.2, 0.25) is 0 Å². The number of rotatable bonds is 6. The lowest BCUT2D eigenvalue weighted by Crippen LogP contribution is -2.00. The van der Waals surface area contributed by atoms with Crippen molar-refractivity contribution in [2.45, 2.75) is 26.2 Å². The number of carbonyl (C=O) groups is 2. The molecule has 3 aromatic rings. The Bertz CT molecular complexity index is 924. The van der Waals surface area contributed by atoms with Gasteiger partial charge in [-0.1, -0.05) is 36.4 Å². The van der Waals surface area contributed by atoms with Crippen molar-refractivity contribution in [3.63, 3.8) is 0 Å². The molecule has 0 saturated heterocycles. The number of aliphatic carboxylic acids is 1. The molecule has 1 heterocycles. The van der Waals surface area contributed by atoms with Gasteiger partial charge in [-0.05, 0) is 48.6 Å². The van der Waals surface area contributed by atoms with Gasteiger partial charge in [-0.2, -0.15) is 0 Å². The van der Waals surface area contributed by atoms with Crippen molar-refractivity contribution in [3.05, 3.63) is 77.0 Å². The fraction of sp³-hybridized carbons (Fsp3) is 0.190. The molecule has 0 fully saturated rings. The summed E-state index contributed by atoms with van der Waals surface area (Å²) < 4.78 is 0. The zero-order valence-corrected chi connectivity index (χ0v) is 14.0. The van der Waals surface area contributed by atoms with Crippen molar-refractivity contribution in [3.8, 4) is 0 Å². The predicted octanol–water partition coefficient (Wildman–Crippen LogP) is 4.05. The maximum Gasteiger partial charge on any atom is 0.303 e. The van der Waals surface area contributed by atoms with Crippen molar-refractivity contribution < 1.29 is 14.7 Å². The Morgan fingerprint density at radius 3 is 2.40 bits per heavy atom. The second kappa shape index (κ2) is 7.26. The van der Waals surface area contributed by atoms with Gasteiger partial charge in [0.1, 0.15) is 0 Å². The molecule has 0 radical (unpaired) electrons. The predicted molar refractivity (Wildman–Crippen MR) is 97.0 cm³/mol. The normalized spacial score (nSPS) is 10.8. The summed E-state index contributed by atoms with van der Waals surface area (Å²) in [4.78, 5) is 27.0. The molecule has 4 nitrogen and oxygen atoms in total. The van der Waals surface area contributed by atoms with E-state index in [4.69, 9.17) is 5.11 Å². The van der Waals surface area contributed by atoms with Crippen molar-refractivity contribution >= 4 is 22.7 Å². The smallest absolute Gasteiger partial charge is 0.303 e. The van der Waals surface area contributed by atoms with Gasteiger partial charge >= 0.3 is 5.97 Å². The third kappa shape index (κ3) is 3.91. The van der Waals surface area contributed by atoms with Crippen molar-refractivity contribution in [1.82, 2.24) is 4.98 Å². The molecule has 0 aliphatic rings. The van der Waals surface area contributed by atoms with E-state index in [0.29, 0.717) is 18.4 Å². The van der Waals surface area contributed by atoms with Crippen LogP contribution in [-0.2, 0) is 17.6 Å². The number of carbonyl (C=O) groups excluding carboxylic acids is 1. The van der Waals surface area contributed by atoms with Crippen LogP contribution in [0.25, 0.3) is 10.9 Å². The SMILES string of the molecule is CC(=O)c1ccnc2cccc(Cc3ccc(CCC(=O)O)cc3)c12. The van der Waals surface area contributed by atoms with Crippen LogP contribution < -0.4 is 0 Å². The van der Waals surface area contributed by atoms with Crippen LogP contribution in [0.15, 0.2) is 54.7 Å².